The minimum atomic E-state index is -1.80. The maximum atomic E-state index is 16.0. The van der Waals surface area contributed by atoms with E-state index in [-0.39, 0.29) is 42.1 Å². The predicted molar refractivity (Wildman–Crippen MR) is 143 cm³/mol. The molecule has 1 aromatic carbocycles. The highest BCUT2D eigenvalue weighted by atomic mass is 31.2. The van der Waals surface area contributed by atoms with Gasteiger partial charge in [0.25, 0.3) is 14.4 Å². The van der Waals surface area contributed by atoms with Gasteiger partial charge in [-0.3, -0.25) is 4.79 Å². The number of hydrogen-bond acceptors (Lipinski definition) is 11. The van der Waals surface area contributed by atoms with Crippen molar-refractivity contribution >= 4 is 31.4 Å². The van der Waals surface area contributed by atoms with Crippen LogP contribution in [0.2, 0.25) is 0 Å². The summed E-state index contributed by atoms with van der Waals surface area (Å²) in [6.07, 6.45) is -4.02. The number of amides is 1. The van der Waals surface area contributed by atoms with Crippen molar-refractivity contribution in [3.05, 3.63) is 42.2 Å². The van der Waals surface area contributed by atoms with Gasteiger partial charge < -0.3 is 24.2 Å². The number of hydrogen-bond donors (Lipinski definition) is 2. The summed E-state index contributed by atoms with van der Waals surface area (Å²) in [5.41, 5.74) is 0.683. The summed E-state index contributed by atoms with van der Waals surface area (Å²) in [6.45, 7) is 7.45. The third kappa shape index (κ3) is 6.41. The number of nitrogens with one attached hydrogen (secondary N) is 1. The molecule has 1 aliphatic rings. The lowest BCUT2D eigenvalue weighted by Gasteiger charge is -2.37. The Morgan fingerprint density at radius 3 is 2.65 bits per heavy atom. The molecule has 1 saturated heterocycles. The topological polar surface area (TPSA) is 161 Å². The van der Waals surface area contributed by atoms with Crippen molar-refractivity contribution in [2.75, 3.05) is 18.5 Å². The van der Waals surface area contributed by atoms with E-state index in [4.69, 9.17) is 19.0 Å². The highest BCUT2D eigenvalue weighted by Crippen LogP contribution is 2.50. The maximum absolute atomic E-state index is 16.0. The van der Waals surface area contributed by atoms with Gasteiger partial charge in [0, 0.05) is 17.6 Å². The van der Waals surface area contributed by atoms with Crippen molar-refractivity contribution in [2.24, 2.45) is 0 Å². The molecule has 40 heavy (non-hydrogen) atoms. The van der Waals surface area contributed by atoms with Gasteiger partial charge in [-0.2, -0.15) is 9.94 Å². The lowest BCUT2D eigenvalue weighted by molar-refractivity contribution is -0.0500. The molecule has 2 N–H and O–H groups in total. The zero-order valence-corrected chi connectivity index (χ0v) is 23.5. The molecule has 0 spiro atoms. The summed E-state index contributed by atoms with van der Waals surface area (Å²) < 4.78 is 37.1. The van der Waals surface area contributed by atoms with Crippen molar-refractivity contribution in [1.29, 1.82) is 5.26 Å². The molecular formula is C25H32FN8O5P. The van der Waals surface area contributed by atoms with Crippen molar-refractivity contribution in [3.8, 4) is 6.07 Å². The van der Waals surface area contributed by atoms with Gasteiger partial charge in [-0.25, -0.2) is 19.0 Å². The Hall–Kier alpha value is -3.18. The lowest BCUT2D eigenvalue weighted by Crippen LogP contribution is -2.38. The summed E-state index contributed by atoms with van der Waals surface area (Å²) in [7, 11) is -1.80. The second kappa shape index (κ2) is 13.5. The SMILES string of the molecule is CC(C)N(C(C)C)P(OCCC#N)O[C@H]1[C@H](F)[C@H](n2nnc3c(NC(=O)c4ccccc4)ncnc32)O[C@@H]1CO. The summed E-state index contributed by atoms with van der Waals surface area (Å²) in [4.78, 5) is 21.0. The first-order chi connectivity index (χ1) is 19.3. The number of alkyl halides is 1. The number of aromatic nitrogens is 5. The largest absolute Gasteiger partial charge is 0.394 e. The second-order valence-corrected chi connectivity index (χ2v) is 11.0. The van der Waals surface area contributed by atoms with Crippen LogP contribution >= 0.6 is 8.53 Å². The summed E-state index contributed by atoms with van der Waals surface area (Å²) >= 11 is 0. The van der Waals surface area contributed by atoms with Crippen LogP contribution in [-0.4, -0.2) is 84.3 Å². The average Bonchev–Trinajstić information content (AvgIpc) is 3.50. The fraction of sp³-hybridized carbons (Fsp3) is 0.520. The van der Waals surface area contributed by atoms with Crippen LogP contribution < -0.4 is 5.32 Å². The Balaban J connectivity index is 1.59. The van der Waals surface area contributed by atoms with Gasteiger partial charge in [0.05, 0.1) is 25.7 Å². The number of rotatable bonds is 12. The average molecular weight is 575 g/mol. The standard InChI is InChI=1S/C25H32FN8O5P/c1-15(2)34(16(3)4)40(37-12-8-11-27)39-21-18(13-35)38-25(19(21)26)33-23-20(31-32-33)22(28-14-29-23)30-24(36)17-9-6-5-7-10-17/h5-7,9-10,14-16,18-19,21,25,35H,8,12-13H2,1-4H3,(H,28,29,30,36)/t18-,19+,21-,25-,40?/m1/s1. The fourth-order valence-corrected chi connectivity index (χ4v) is 6.12. The first-order valence-electron chi connectivity index (χ1n) is 12.8. The van der Waals surface area contributed by atoms with Crippen LogP contribution in [0.15, 0.2) is 36.7 Å². The molecular weight excluding hydrogens is 542 g/mol. The van der Waals surface area contributed by atoms with Crippen LogP contribution in [0.25, 0.3) is 11.2 Å². The number of fused-ring (bicyclic) bond motifs is 1. The van der Waals surface area contributed by atoms with Crippen molar-refractivity contribution < 1.29 is 28.1 Å². The minimum absolute atomic E-state index is 0.00238. The van der Waals surface area contributed by atoms with E-state index in [0.717, 1.165) is 4.68 Å². The first-order valence-corrected chi connectivity index (χ1v) is 14.0. The molecule has 1 aliphatic heterocycles. The van der Waals surface area contributed by atoms with Gasteiger partial charge >= 0.3 is 0 Å². The van der Waals surface area contributed by atoms with Gasteiger partial charge in [-0.1, -0.05) is 23.4 Å². The Kier molecular flexibility index (Phi) is 10.0. The molecule has 3 aromatic rings. The normalized spacial score (nSPS) is 21.8. The van der Waals surface area contributed by atoms with Crippen molar-refractivity contribution in [1.82, 2.24) is 29.6 Å². The van der Waals surface area contributed by atoms with Crippen molar-refractivity contribution in [2.45, 2.75) is 70.8 Å². The number of carbonyl (C=O) groups excluding carboxylic acids is 1. The van der Waals surface area contributed by atoms with Gasteiger partial charge in [0.2, 0.25) is 0 Å². The van der Waals surface area contributed by atoms with E-state index < -0.39 is 45.6 Å². The molecule has 13 nitrogen and oxygen atoms in total. The predicted octanol–water partition coefficient (Wildman–Crippen LogP) is 3.36. The Labute approximate surface area is 232 Å². The van der Waals surface area contributed by atoms with Gasteiger partial charge in [-0.15, -0.1) is 5.10 Å². The minimum Gasteiger partial charge on any atom is -0.394 e. The molecule has 1 fully saturated rings. The van der Waals surface area contributed by atoms with Gasteiger partial charge in [-0.05, 0) is 39.8 Å². The Bertz CT molecular complexity index is 1320. The molecule has 0 radical (unpaired) electrons. The third-order valence-electron chi connectivity index (χ3n) is 6.09. The molecule has 0 aliphatic carbocycles. The molecule has 0 saturated carbocycles. The smallest absolute Gasteiger partial charge is 0.259 e. The molecule has 0 bridgehead atoms. The highest BCUT2D eigenvalue weighted by molar-refractivity contribution is 7.44. The number of anilines is 1. The van der Waals surface area contributed by atoms with Crippen LogP contribution in [0, 0.1) is 11.3 Å². The second-order valence-electron chi connectivity index (χ2n) is 9.56. The Morgan fingerprint density at radius 1 is 1.27 bits per heavy atom. The van der Waals surface area contributed by atoms with E-state index in [0.29, 0.717) is 5.56 Å². The van der Waals surface area contributed by atoms with Gasteiger partial charge in [0.15, 0.2) is 29.4 Å². The van der Waals surface area contributed by atoms with Crippen LogP contribution in [0.1, 0.15) is 50.7 Å². The quantitative estimate of drug-likeness (QED) is 0.241. The van der Waals surface area contributed by atoms with Crippen LogP contribution in [-0.2, 0) is 13.8 Å². The van der Waals surface area contributed by atoms with E-state index in [1.807, 2.05) is 38.4 Å². The number of carbonyl (C=O) groups is 1. The molecule has 15 heteroatoms. The zero-order chi connectivity index (χ0) is 28.8. The number of aliphatic hydroxyl groups excluding tert-OH is 1. The zero-order valence-electron chi connectivity index (χ0n) is 22.6. The molecule has 3 heterocycles. The van der Waals surface area contributed by atoms with Crippen LogP contribution in [0.5, 0.6) is 0 Å². The lowest BCUT2D eigenvalue weighted by atomic mass is 10.1. The van der Waals surface area contributed by atoms with E-state index in [2.05, 4.69) is 25.6 Å². The molecule has 4 rings (SSSR count). The number of aliphatic hydroxyl groups is 1. The molecule has 2 aromatic heterocycles. The van der Waals surface area contributed by atoms with E-state index in [9.17, 15) is 9.90 Å². The van der Waals surface area contributed by atoms with E-state index in [1.54, 1.807) is 30.3 Å². The Morgan fingerprint density at radius 2 is 2.00 bits per heavy atom. The number of nitrogens with zero attached hydrogens (tertiary/aromatic N) is 7. The third-order valence-corrected chi connectivity index (χ3v) is 8.22. The summed E-state index contributed by atoms with van der Waals surface area (Å²) in [6, 6.07) is 10.6. The first kappa shape index (κ1) is 29.8. The number of ether oxygens (including phenoxy) is 1. The summed E-state index contributed by atoms with van der Waals surface area (Å²) in [5.74, 6) is -0.307. The monoisotopic (exact) mass is 574 g/mol. The number of halogens is 1. The number of nitriles is 1. The summed E-state index contributed by atoms with van der Waals surface area (Å²) in [5, 5.41) is 29.8. The van der Waals surface area contributed by atoms with E-state index in [1.165, 1.54) is 6.33 Å². The van der Waals surface area contributed by atoms with Gasteiger partial charge in [0.1, 0.15) is 18.5 Å². The highest BCUT2D eigenvalue weighted by Gasteiger charge is 2.50. The molecule has 1 unspecified atom stereocenters. The molecule has 214 valence electrons. The van der Waals surface area contributed by atoms with E-state index >= 15 is 4.39 Å². The molecule has 5 atom stereocenters. The number of benzene rings is 1. The maximum Gasteiger partial charge on any atom is 0.259 e. The van der Waals surface area contributed by atoms with Crippen LogP contribution in [0.4, 0.5) is 10.2 Å². The molecule has 1 amide bonds. The fourth-order valence-electron chi connectivity index (χ4n) is 4.36. The van der Waals surface area contributed by atoms with Crippen molar-refractivity contribution in [3.63, 3.8) is 0 Å². The van der Waals surface area contributed by atoms with Crippen LogP contribution in [0.3, 0.4) is 0 Å².